The molecule has 0 unspecified atom stereocenters. The highest BCUT2D eigenvalue weighted by molar-refractivity contribution is 7.16. The van der Waals surface area contributed by atoms with Crippen LogP contribution in [0.4, 0.5) is 9.80 Å². The van der Waals surface area contributed by atoms with Crippen LogP contribution in [0.3, 0.4) is 0 Å². The molecule has 1 aromatic heterocycles. The predicted molar refractivity (Wildman–Crippen MR) is 180 cm³/mol. The summed E-state index contributed by atoms with van der Waals surface area (Å²) in [6.07, 6.45) is -1.31. The van der Waals surface area contributed by atoms with Crippen LogP contribution in [0.15, 0.2) is 72.8 Å². The molecular formula is C36H35ClN2O6S. The third-order valence-corrected chi connectivity index (χ3v) is 9.07. The lowest BCUT2D eigenvalue weighted by Gasteiger charge is -2.23. The molecular weight excluding hydrogens is 624 g/mol. The number of thiophene rings is 1. The Morgan fingerprint density at radius 2 is 1.48 bits per heavy atom. The zero-order chi connectivity index (χ0) is 33.2. The van der Waals surface area contributed by atoms with Crippen LogP contribution >= 0.6 is 22.9 Å². The molecule has 238 valence electrons. The second kappa shape index (κ2) is 13.5. The largest absolute Gasteiger partial charge is 0.460 e. The molecule has 2 N–H and O–H groups in total. The van der Waals surface area contributed by atoms with Gasteiger partial charge in [-0.25, -0.2) is 4.79 Å². The molecule has 1 atom stereocenters. The standard InChI is InChI=1S/C36H35ClN2O6S/c1-20-21(2)46-34(31(20)32(41)22-14-16-23(37)17-15-22)39-33(42)29(18-30(40)45-36(3,4)5)38-35(43)44-19-28-26-12-8-6-10-24(26)25-11-7-9-13-27(25)28/h6-17,28-29H,18-19H2,1-5H3,(H,38,43)(H,39,42)/t29-/m1/s1. The van der Waals surface area contributed by atoms with Crippen molar-refractivity contribution < 1.29 is 28.7 Å². The van der Waals surface area contributed by atoms with Gasteiger partial charge in [0.2, 0.25) is 5.91 Å². The van der Waals surface area contributed by atoms with E-state index in [0.29, 0.717) is 26.7 Å². The fourth-order valence-electron chi connectivity index (χ4n) is 5.47. The van der Waals surface area contributed by atoms with Crippen LogP contribution in [0.2, 0.25) is 5.02 Å². The number of carbonyl (C=O) groups is 4. The van der Waals surface area contributed by atoms with Crippen molar-refractivity contribution >= 4 is 51.7 Å². The number of benzene rings is 3. The van der Waals surface area contributed by atoms with Crippen LogP contribution in [0.1, 0.15) is 70.6 Å². The van der Waals surface area contributed by atoms with Crippen LogP contribution in [0.5, 0.6) is 0 Å². The monoisotopic (exact) mass is 658 g/mol. The number of fused-ring (bicyclic) bond motifs is 3. The number of aryl methyl sites for hydroxylation is 1. The first-order valence-corrected chi connectivity index (χ1v) is 16.1. The Morgan fingerprint density at radius 3 is 2.07 bits per heavy atom. The zero-order valence-corrected chi connectivity index (χ0v) is 27.8. The van der Waals surface area contributed by atoms with Gasteiger partial charge in [-0.15, -0.1) is 11.3 Å². The number of ether oxygens (including phenoxy) is 2. The van der Waals surface area contributed by atoms with Gasteiger partial charge < -0.3 is 20.1 Å². The number of ketones is 1. The molecule has 3 aromatic carbocycles. The van der Waals surface area contributed by atoms with Crippen molar-refractivity contribution in [2.45, 2.75) is 58.6 Å². The molecule has 2 amide bonds. The van der Waals surface area contributed by atoms with Gasteiger partial charge in [0, 0.05) is 21.4 Å². The van der Waals surface area contributed by atoms with Gasteiger partial charge in [0.05, 0.1) is 12.0 Å². The fraction of sp³-hybridized carbons (Fsp3) is 0.278. The minimum absolute atomic E-state index is 0.0314. The zero-order valence-electron chi connectivity index (χ0n) is 26.2. The molecule has 1 aliphatic carbocycles. The highest BCUT2D eigenvalue weighted by Crippen LogP contribution is 2.44. The van der Waals surface area contributed by atoms with Gasteiger partial charge in [0.1, 0.15) is 23.3 Å². The molecule has 46 heavy (non-hydrogen) atoms. The van der Waals surface area contributed by atoms with Crippen LogP contribution < -0.4 is 10.6 Å². The smallest absolute Gasteiger partial charge is 0.407 e. The lowest BCUT2D eigenvalue weighted by molar-refractivity contribution is -0.156. The summed E-state index contributed by atoms with van der Waals surface area (Å²) in [5.74, 6) is -1.84. The number of esters is 1. The van der Waals surface area contributed by atoms with Crippen molar-refractivity contribution in [3.63, 3.8) is 0 Å². The van der Waals surface area contributed by atoms with Gasteiger partial charge in [-0.2, -0.15) is 0 Å². The SMILES string of the molecule is Cc1sc(NC(=O)[C@@H](CC(=O)OC(C)(C)C)NC(=O)OCC2c3ccccc3-c3ccccc32)c(C(=O)c2ccc(Cl)cc2)c1C. The number of alkyl carbamates (subject to hydrolysis) is 1. The number of carbonyl (C=O) groups excluding carboxylic acids is 4. The highest BCUT2D eigenvalue weighted by atomic mass is 35.5. The molecule has 1 heterocycles. The van der Waals surface area contributed by atoms with E-state index in [1.807, 2.05) is 55.5 Å². The van der Waals surface area contributed by atoms with Crippen molar-refractivity contribution in [2.24, 2.45) is 0 Å². The van der Waals surface area contributed by atoms with Gasteiger partial charge in [0.25, 0.3) is 0 Å². The number of hydrogen-bond donors (Lipinski definition) is 2. The summed E-state index contributed by atoms with van der Waals surface area (Å²) in [7, 11) is 0. The first-order valence-electron chi connectivity index (χ1n) is 14.9. The van der Waals surface area contributed by atoms with E-state index in [9.17, 15) is 19.2 Å². The summed E-state index contributed by atoms with van der Waals surface area (Å²) in [5, 5.41) is 6.15. The van der Waals surface area contributed by atoms with Gasteiger partial charge in [0.15, 0.2) is 5.78 Å². The Bertz CT molecular complexity index is 1760. The number of nitrogens with one attached hydrogen (secondary N) is 2. The fourth-order valence-corrected chi connectivity index (χ4v) is 6.66. The van der Waals surface area contributed by atoms with Gasteiger partial charge in [-0.3, -0.25) is 14.4 Å². The van der Waals surface area contributed by atoms with E-state index < -0.39 is 36.0 Å². The van der Waals surface area contributed by atoms with Gasteiger partial charge >= 0.3 is 12.1 Å². The average molecular weight is 659 g/mol. The van der Waals surface area contributed by atoms with Crippen molar-refractivity contribution in [1.29, 1.82) is 0 Å². The van der Waals surface area contributed by atoms with Crippen LogP contribution in [0, 0.1) is 13.8 Å². The molecule has 8 nitrogen and oxygen atoms in total. The van der Waals surface area contributed by atoms with Crippen LogP contribution in [-0.4, -0.2) is 42.0 Å². The van der Waals surface area contributed by atoms with Crippen molar-refractivity contribution in [2.75, 3.05) is 11.9 Å². The van der Waals surface area contributed by atoms with E-state index in [4.69, 9.17) is 21.1 Å². The molecule has 0 spiro atoms. The number of rotatable bonds is 9. The average Bonchev–Trinajstić information content (AvgIpc) is 3.47. The predicted octanol–water partition coefficient (Wildman–Crippen LogP) is 7.83. The van der Waals surface area contributed by atoms with Crippen molar-refractivity contribution in [3.05, 3.63) is 111 Å². The Balaban J connectivity index is 1.34. The van der Waals surface area contributed by atoms with Crippen LogP contribution in [-0.2, 0) is 19.1 Å². The minimum Gasteiger partial charge on any atom is -0.460 e. The molecule has 0 saturated carbocycles. The number of halogens is 1. The van der Waals surface area contributed by atoms with Crippen molar-refractivity contribution in [1.82, 2.24) is 5.32 Å². The maximum Gasteiger partial charge on any atom is 0.407 e. The maximum absolute atomic E-state index is 13.7. The normalized spacial score (nSPS) is 12.9. The first-order chi connectivity index (χ1) is 21.8. The maximum atomic E-state index is 13.7. The molecule has 0 bridgehead atoms. The third-order valence-electron chi connectivity index (χ3n) is 7.70. The van der Waals surface area contributed by atoms with Gasteiger partial charge in [-0.1, -0.05) is 60.1 Å². The molecule has 0 radical (unpaired) electrons. The van der Waals surface area contributed by atoms with E-state index in [0.717, 1.165) is 27.1 Å². The quantitative estimate of drug-likeness (QED) is 0.140. The number of anilines is 1. The summed E-state index contributed by atoms with van der Waals surface area (Å²) in [6, 6.07) is 21.1. The highest BCUT2D eigenvalue weighted by Gasteiger charge is 2.32. The Kier molecular flexibility index (Phi) is 9.65. The molecule has 1 aliphatic rings. The third kappa shape index (κ3) is 7.32. The minimum atomic E-state index is -1.34. The lowest BCUT2D eigenvalue weighted by Crippen LogP contribution is -2.46. The molecule has 0 aliphatic heterocycles. The van der Waals surface area contributed by atoms with Crippen LogP contribution in [0.25, 0.3) is 11.1 Å². The Labute approximate surface area is 277 Å². The molecule has 10 heteroatoms. The Hall–Kier alpha value is -4.47. The van der Waals surface area contributed by atoms with E-state index in [2.05, 4.69) is 10.6 Å². The summed E-state index contributed by atoms with van der Waals surface area (Å²) in [4.78, 5) is 54.1. The second-order valence-electron chi connectivity index (χ2n) is 12.1. The summed E-state index contributed by atoms with van der Waals surface area (Å²) in [6.45, 7) is 8.82. The topological polar surface area (TPSA) is 111 Å². The lowest BCUT2D eigenvalue weighted by atomic mass is 9.98. The van der Waals surface area contributed by atoms with E-state index in [1.165, 1.54) is 11.3 Å². The summed E-state index contributed by atoms with van der Waals surface area (Å²) < 4.78 is 11.1. The summed E-state index contributed by atoms with van der Waals surface area (Å²) >= 11 is 7.25. The summed E-state index contributed by atoms with van der Waals surface area (Å²) in [5.41, 5.74) is 4.90. The molecule has 4 aromatic rings. The first kappa shape index (κ1) is 32.9. The van der Waals surface area contributed by atoms with Gasteiger partial charge in [-0.05, 0) is 86.7 Å². The van der Waals surface area contributed by atoms with E-state index in [-0.39, 0.29) is 18.3 Å². The number of amides is 2. The molecule has 0 fully saturated rings. The second-order valence-corrected chi connectivity index (χ2v) is 13.8. The molecule has 5 rings (SSSR count). The van der Waals surface area contributed by atoms with E-state index in [1.54, 1.807) is 52.0 Å². The molecule has 0 saturated heterocycles. The Morgan fingerprint density at radius 1 is 0.891 bits per heavy atom. The van der Waals surface area contributed by atoms with Crippen molar-refractivity contribution in [3.8, 4) is 11.1 Å². The number of hydrogen-bond acceptors (Lipinski definition) is 7. The van der Waals surface area contributed by atoms with E-state index >= 15 is 0 Å².